The Bertz CT molecular complexity index is 622. The topological polar surface area (TPSA) is 98.5 Å². The number of esters is 1. The van der Waals surface area contributed by atoms with E-state index < -0.39 is 11.9 Å². The molecule has 0 unspecified atom stereocenters. The molecule has 2 heterocycles. The molecule has 0 atom stereocenters. The largest absolute Gasteiger partial charge is 0.468 e. The Morgan fingerprint density at radius 3 is 2.89 bits per heavy atom. The van der Waals surface area contributed by atoms with Crippen LogP contribution >= 0.6 is 0 Å². The highest BCUT2D eigenvalue weighted by Gasteiger charge is 2.16. The van der Waals surface area contributed by atoms with Crippen molar-refractivity contribution < 1.29 is 14.3 Å². The summed E-state index contributed by atoms with van der Waals surface area (Å²) in [6.07, 6.45) is 3.39. The summed E-state index contributed by atoms with van der Waals surface area (Å²) in [5, 5.41) is 6.48. The van der Waals surface area contributed by atoms with Crippen LogP contribution in [0, 0.1) is 0 Å². The molecule has 0 aromatic carbocycles. The number of ether oxygens (including phenoxy) is 1. The summed E-state index contributed by atoms with van der Waals surface area (Å²) < 4.78 is 5.96. The number of carbonyl (C=O) groups excluding carboxylic acids is 2. The maximum Gasteiger partial charge on any atom is 0.325 e. The third-order valence-electron chi connectivity index (χ3n) is 2.61. The van der Waals surface area contributed by atoms with Crippen molar-refractivity contribution in [2.24, 2.45) is 0 Å². The highest BCUT2D eigenvalue weighted by Crippen LogP contribution is 2.09. The van der Waals surface area contributed by atoms with Gasteiger partial charge in [0.25, 0.3) is 11.7 Å². The number of nitrogens with zero attached hydrogens (tertiary/aromatic N) is 4. The Kier molecular flexibility index (Phi) is 3.69. The van der Waals surface area contributed by atoms with Gasteiger partial charge in [-0.05, 0) is 6.42 Å². The number of hydrogen-bond acceptors (Lipinski definition) is 6. The second-order valence-electron chi connectivity index (χ2n) is 3.70. The van der Waals surface area contributed by atoms with Crippen molar-refractivity contribution in [1.82, 2.24) is 24.9 Å². The van der Waals surface area contributed by atoms with Crippen molar-refractivity contribution in [3.8, 4) is 0 Å². The third kappa shape index (κ3) is 2.51. The highest BCUT2D eigenvalue weighted by atomic mass is 16.5. The Balaban J connectivity index is 2.28. The summed E-state index contributed by atoms with van der Waals surface area (Å²) in [7, 11) is 1.26. The van der Waals surface area contributed by atoms with Crippen LogP contribution in [0.3, 0.4) is 0 Å². The Hall–Kier alpha value is -2.51. The molecule has 0 saturated heterocycles. The van der Waals surface area contributed by atoms with E-state index in [0.717, 1.165) is 0 Å². The van der Waals surface area contributed by atoms with Gasteiger partial charge in [-0.3, -0.25) is 9.59 Å². The van der Waals surface area contributed by atoms with Gasteiger partial charge in [-0.2, -0.15) is 10.1 Å². The van der Waals surface area contributed by atoms with Crippen molar-refractivity contribution in [1.29, 1.82) is 0 Å². The monoisotopic (exact) mass is 263 g/mol. The van der Waals surface area contributed by atoms with Crippen LogP contribution in [0.5, 0.6) is 0 Å². The van der Waals surface area contributed by atoms with Gasteiger partial charge < -0.3 is 10.1 Å². The lowest BCUT2D eigenvalue weighted by Gasteiger charge is -2.08. The zero-order chi connectivity index (χ0) is 13.8. The van der Waals surface area contributed by atoms with E-state index in [2.05, 4.69) is 25.1 Å². The van der Waals surface area contributed by atoms with Gasteiger partial charge in [0, 0.05) is 6.20 Å². The van der Waals surface area contributed by atoms with E-state index in [1.54, 1.807) is 0 Å². The molecule has 2 rings (SSSR count). The van der Waals surface area contributed by atoms with Gasteiger partial charge in [0.2, 0.25) is 0 Å². The Morgan fingerprint density at radius 2 is 2.21 bits per heavy atom. The van der Waals surface area contributed by atoms with E-state index in [9.17, 15) is 9.59 Å². The average molecular weight is 263 g/mol. The molecule has 0 radical (unpaired) electrons. The van der Waals surface area contributed by atoms with Crippen molar-refractivity contribution in [3.63, 3.8) is 0 Å². The fourth-order valence-corrected chi connectivity index (χ4v) is 1.67. The van der Waals surface area contributed by atoms with Gasteiger partial charge in [0.15, 0.2) is 0 Å². The normalized spacial score (nSPS) is 10.4. The molecule has 0 aliphatic rings. The molecular weight excluding hydrogens is 250 g/mol. The smallest absolute Gasteiger partial charge is 0.325 e. The standard InChI is InChI=1S/C11H13N5O3/c1-3-8-7(10(18)12-5-9(17)19-2)4-13-11-14-6-15-16(8)11/h4,6H,3,5H2,1-2H3,(H,12,18). The summed E-state index contributed by atoms with van der Waals surface area (Å²) in [5.41, 5.74) is 1.05. The maximum absolute atomic E-state index is 12.0. The number of methoxy groups -OCH3 is 1. The summed E-state index contributed by atoms with van der Waals surface area (Å²) in [5.74, 6) is -0.477. The first-order valence-electron chi connectivity index (χ1n) is 5.70. The first-order valence-corrected chi connectivity index (χ1v) is 5.70. The summed E-state index contributed by atoms with van der Waals surface area (Å²) in [6.45, 7) is 1.71. The van der Waals surface area contributed by atoms with E-state index in [1.165, 1.54) is 24.1 Å². The number of aryl methyl sites for hydroxylation is 1. The summed E-state index contributed by atoms with van der Waals surface area (Å²) >= 11 is 0. The Labute approximate surface area is 108 Å². The molecule has 1 amide bonds. The zero-order valence-electron chi connectivity index (χ0n) is 10.6. The highest BCUT2D eigenvalue weighted by molar-refractivity contribution is 5.96. The molecule has 100 valence electrons. The molecule has 1 N–H and O–H groups in total. The number of amides is 1. The quantitative estimate of drug-likeness (QED) is 0.753. The molecule has 0 saturated carbocycles. The number of fused-ring (bicyclic) bond motifs is 1. The maximum atomic E-state index is 12.0. The van der Waals surface area contributed by atoms with Crippen LogP contribution in [0.25, 0.3) is 5.78 Å². The summed E-state index contributed by atoms with van der Waals surface area (Å²) in [6, 6.07) is 0. The molecule has 0 aliphatic heterocycles. The molecule has 19 heavy (non-hydrogen) atoms. The van der Waals surface area contributed by atoms with Crippen LogP contribution in [-0.4, -0.2) is 45.1 Å². The van der Waals surface area contributed by atoms with Crippen LogP contribution in [0.2, 0.25) is 0 Å². The molecule has 0 bridgehead atoms. The van der Waals surface area contributed by atoms with Gasteiger partial charge in [-0.1, -0.05) is 6.92 Å². The van der Waals surface area contributed by atoms with E-state index in [0.29, 0.717) is 23.5 Å². The van der Waals surface area contributed by atoms with Gasteiger partial charge in [-0.25, -0.2) is 9.50 Å². The predicted molar refractivity (Wildman–Crippen MR) is 64.5 cm³/mol. The minimum absolute atomic E-state index is 0.187. The lowest BCUT2D eigenvalue weighted by Crippen LogP contribution is -2.31. The fourth-order valence-electron chi connectivity index (χ4n) is 1.67. The van der Waals surface area contributed by atoms with E-state index in [4.69, 9.17) is 0 Å². The molecular formula is C11H13N5O3. The average Bonchev–Trinajstić information content (AvgIpc) is 2.91. The minimum Gasteiger partial charge on any atom is -0.468 e. The summed E-state index contributed by atoms with van der Waals surface area (Å²) in [4.78, 5) is 31.0. The molecule has 8 nitrogen and oxygen atoms in total. The molecule has 0 fully saturated rings. The predicted octanol–water partition coefficient (Wildman–Crippen LogP) is -0.411. The van der Waals surface area contributed by atoms with Crippen LogP contribution in [0.4, 0.5) is 0 Å². The van der Waals surface area contributed by atoms with Crippen molar-refractivity contribution in [3.05, 3.63) is 23.8 Å². The fraction of sp³-hybridized carbons (Fsp3) is 0.364. The van der Waals surface area contributed by atoms with Gasteiger partial charge >= 0.3 is 5.97 Å². The second kappa shape index (κ2) is 5.42. The molecule has 0 spiro atoms. The van der Waals surface area contributed by atoms with Gasteiger partial charge in [-0.15, -0.1) is 0 Å². The van der Waals surface area contributed by atoms with Crippen molar-refractivity contribution in [2.75, 3.05) is 13.7 Å². The molecule has 0 aliphatic carbocycles. The van der Waals surface area contributed by atoms with E-state index in [1.807, 2.05) is 6.92 Å². The minimum atomic E-state index is -0.513. The van der Waals surface area contributed by atoms with Gasteiger partial charge in [0.1, 0.15) is 12.9 Å². The van der Waals surface area contributed by atoms with Crippen LogP contribution in [-0.2, 0) is 16.0 Å². The van der Waals surface area contributed by atoms with Crippen LogP contribution in [0.15, 0.2) is 12.5 Å². The van der Waals surface area contributed by atoms with Crippen LogP contribution < -0.4 is 5.32 Å². The van der Waals surface area contributed by atoms with Crippen molar-refractivity contribution >= 4 is 17.7 Å². The van der Waals surface area contributed by atoms with E-state index >= 15 is 0 Å². The number of aromatic nitrogens is 4. The molecule has 8 heteroatoms. The SMILES string of the molecule is CCc1c(C(=O)NCC(=O)OC)cnc2ncnn12. The lowest BCUT2D eigenvalue weighted by molar-refractivity contribution is -0.139. The number of carbonyl (C=O) groups is 2. The van der Waals surface area contributed by atoms with Gasteiger partial charge in [0.05, 0.1) is 18.4 Å². The Morgan fingerprint density at radius 1 is 1.42 bits per heavy atom. The lowest BCUT2D eigenvalue weighted by atomic mass is 10.2. The molecule has 2 aromatic heterocycles. The zero-order valence-corrected chi connectivity index (χ0v) is 10.6. The van der Waals surface area contributed by atoms with Crippen molar-refractivity contribution in [2.45, 2.75) is 13.3 Å². The second-order valence-corrected chi connectivity index (χ2v) is 3.70. The van der Waals surface area contributed by atoms with E-state index in [-0.39, 0.29) is 6.54 Å². The first kappa shape index (κ1) is 12.9. The first-order chi connectivity index (χ1) is 9.17. The molecule has 2 aromatic rings. The van der Waals surface area contributed by atoms with Crippen LogP contribution in [0.1, 0.15) is 23.0 Å². The number of rotatable bonds is 4. The third-order valence-corrected chi connectivity index (χ3v) is 2.61. The number of hydrogen-bond donors (Lipinski definition) is 1. The number of nitrogens with one attached hydrogen (secondary N) is 1.